The largest absolute Gasteiger partial charge is 0.481 e. The molecule has 1 saturated heterocycles. The number of carboxylic acids is 1. The Hall–Kier alpha value is -0.570. The summed E-state index contributed by atoms with van der Waals surface area (Å²) in [6.45, 7) is 2.00. The van der Waals surface area contributed by atoms with Crippen molar-refractivity contribution < 1.29 is 9.90 Å². The topological polar surface area (TPSA) is 40.5 Å². The monoisotopic (exact) mass is 295 g/mol. The molecule has 1 saturated carbocycles. The lowest BCUT2D eigenvalue weighted by Gasteiger charge is -2.37. The van der Waals surface area contributed by atoms with Gasteiger partial charge in [-0.15, -0.1) is 0 Å². The summed E-state index contributed by atoms with van der Waals surface area (Å²) < 4.78 is 0. The van der Waals surface area contributed by atoms with Crippen LogP contribution in [0.4, 0.5) is 0 Å². The summed E-state index contributed by atoms with van der Waals surface area (Å²) in [4.78, 5) is 13.7. The molecule has 0 aromatic carbocycles. The molecule has 0 aromatic heterocycles. The molecule has 0 unspecified atom stereocenters. The van der Waals surface area contributed by atoms with Gasteiger partial charge >= 0.3 is 5.97 Å². The molecule has 1 aliphatic heterocycles. The molecule has 122 valence electrons. The molecule has 0 bridgehead atoms. The zero-order valence-electron chi connectivity index (χ0n) is 13.6. The molecule has 0 spiro atoms. The minimum Gasteiger partial charge on any atom is -0.481 e. The van der Waals surface area contributed by atoms with Gasteiger partial charge in [0.25, 0.3) is 0 Å². The van der Waals surface area contributed by atoms with Crippen molar-refractivity contribution in [1.29, 1.82) is 0 Å². The zero-order valence-corrected chi connectivity index (χ0v) is 13.6. The van der Waals surface area contributed by atoms with Gasteiger partial charge in [0, 0.05) is 6.04 Å². The Balaban J connectivity index is 1.79. The number of piperidine rings is 1. The summed E-state index contributed by atoms with van der Waals surface area (Å²) in [6.07, 6.45) is 17.0. The molecule has 2 rings (SSSR count). The lowest BCUT2D eigenvalue weighted by Crippen LogP contribution is -2.42. The van der Waals surface area contributed by atoms with Gasteiger partial charge in [-0.1, -0.05) is 57.8 Å². The van der Waals surface area contributed by atoms with Gasteiger partial charge in [-0.2, -0.15) is 0 Å². The maximum atomic E-state index is 11.1. The number of likely N-dealkylation sites (tertiary alicyclic amines) is 1. The molecule has 2 aliphatic rings. The molecule has 1 aliphatic carbocycles. The van der Waals surface area contributed by atoms with Gasteiger partial charge < -0.3 is 10.0 Å². The first-order valence-corrected chi connectivity index (χ1v) is 9.24. The van der Waals surface area contributed by atoms with Gasteiger partial charge in [0.15, 0.2) is 0 Å². The average Bonchev–Trinajstić information content (AvgIpc) is 2.48. The molecule has 0 atom stereocenters. The molecule has 1 heterocycles. The Bertz CT molecular complexity index is 286. The van der Waals surface area contributed by atoms with Gasteiger partial charge in [0.1, 0.15) is 0 Å². The van der Waals surface area contributed by atoms with Crippen molar-refractivity contribution in [2.75, 3.05) is 13.1 Å². The molecule has 0 radical (unpaired) electrons. The number of hydrogen-bond acceptors (Lipinski definition) is 2. The van der Waals surface area contributed by atoms with Crippen molar-refractivity contribution in [2.24, 2.45) is 5.92 Å². The van der Waals surface area contributed by atoms with Crippen molar-refractivity contribution in [3.63, 3.8) is 0 Å². The van der Waals surface area contributed by atoms with Crippen molar-refractivity contribution in [3.05, 3.63) is 0 Å². The van der Waals surface area contributed by atoms with Crippen LogP contribution in [0.25, 0.3) is 0 Å². The third kappa shape index (κ3) is 5.98. The van der Waals surface area contributed by atoms with Crippen LogP contribution in [0, 0.1) is 5.92 Å². The standard InChI is InChI=1S/C18H33NO2/c20-18(21)16-12-14-19(15-13-16)17-10-8-6-4-2-1-3-5-7-9-11-17/h16-17H,1-15H2,(H,20,21). The zero-order chi connectivity index (χ0) is 14.9. The third-order valence-electron chi connectivity index (χ3n) is 5.47. The maximum absolute atomic E-state index is 11.1. The van der Waals surface area contributed by atoms with E-state index in [9.17, 15) is 4.79 Å². The van der Waals surface area contributed by atoms with E-state index in [4.69, 9.17) is 5.11 Å². The van der Waals surface area contributed by atoms with E-state index < -0.39 is 5.97 Å². The van der Waals surface area contributed by atoms with Gasteiger partial charge in [0.05, 0.1) is 5.92 Å². The fourth-order valence-corrected chi connectivity index (χ4v) is 4.02. The number of rotatable bonds is 2. The molecular weight excluding hydrogens is 262 g/mol. The van der Waals surface area contributed by atoms with E-state index in [2.05, 4.69) is 4.90 Å². The Morgan fingerprint density at radius 3 is 1.57 bits per heavy atom. The highest BCUT2D eigenvalue weighted by atomic mass is 16.4. The van der Waals surface area contributed by atoms with Crippen molar-refractivity contribution in [3.8, 4) is 0 Å². The molecule has 2 fully saturated rings. The molecule has 0 amide bonds. The highest BCUT2D eigenvalue weighted by molar-refractivity contribution is 5.70. The number of nitrogens with zero attached hydrogens (tertiary/aromatic N) is 1. The molecule has 21 heavy (non-hydrogen) atoms. The highest BCUT2D eigenvalue weighted by Crippen LogP contribution is 2.25. The van der Waals surface area contributed by atoms with E-state index in [1.807, 2.05) is 0 Å². The Morgan fingerprint density at radius 2 is 1.14 bits per heavy atom. The second kappa shape index (κ2) is 9.45. The van der Waals surface area contributed by atoms with E-state index in [1.165, 1.54) is 70.6 Å². The first-order valence-electron chi connectivity index (χ1n) is 9.24. The van der Waals surface area contributed by atoms with E-state index in [0.717, 1.165) is 32.0 Å². The number of hydrogen-bond donors (Lipinski definition) is 1. The predicted octanol–water partition coefficient (Wildman–Crippen LogP) is 4.46. The van der Waals surface area contributed by atoms with Crippen LogP contribution in [0.2, 0.25) is 0 Å². The first-order chi connectivity index (χ1) is 10.3. The van der Waals surface area contributed by atoms with Crippen LogP contribution in [0.1, 0.15) is 83.5 Å². The van der Waals surface area contributed by atoms with Crippen LogP contribution in [0.3, 0.4) is 0 Å². The molecule has 3 heteroatoms. The minimum absolute atomic E-state index is 0.0903. The van der Waals surface area contributed by atoms with Crippen LogP contribution in [0.15, 0.2) is 0 Å². The summed E-state index contributed by atoms with van der Waals surface area (Å²) in [5, 5.41) is 9.12. The summed E-state index contributed by atoms with van der Waals surface area (Å²) >= 11 is 0. The number of carbonyl (C=O) groups is 1. The van der Waals surface area contributed by atoms with Crippen molar-refractivity contribution >= 4 is 5.97 Å². The SMILES string of the molecule is O=C(O)C1CCN(C2CCCCCCCCCCC2)CC1. The van der Waals surface area contributed by atoms with Gasteiger partial charge in [0.2, 0.25) is 0 Å². The summed E-state index contributed by atoms with van der Waals surface area (Å²) in [5.74, 6) is -0.680. The summed E-state index contributed by atoms with van der Waals surface area (Å²) in [6, 6.07) is 0.721. The minimum atomic E-state index is -0.589. The van der Waals surface area contributed by atoms with Crippen LogP contribution in [-0.4, -0.2) is 35.1 Å². The lowest BCUT2D eigenvalue weighted by atomic mass is 9.92. The predicted molar refractivity (Wildman–Crippen MR) is 86.5 cm³/mol. The smallest absolute Gasteiger partial charge is 0.306 e. The number of carboxylic acid groups (broad SMARTS) is 1. The molecule has 3 nitrogen and oxygen atoms in total. The summed E-state index contributed by atoms with van der Waals surface area (Å²) in [5.41, 5.74) is 0. The van der Waals surface area contributed by atoms with Gasteiger partial charge in [-0.05, 0) is 38.8 Å². The molecule has 1 N–H and O–H groups in total. The van der Waals surface area contributed by atoms with Crippen LogP contribution >= 0.6 is 0 Å². The first kappa shape index (κ1) is 16.8. The van der Waals surface area contributed by atoms with Gasteiger partial charge in [-0.3, -0.25) is 4.79 Å². The van der Waals surface area contributed by atoms with Crippen LogP contribution in [-0.2, 0) is 4.79 Å². The Kier molecular flexibility index (Phi) is 7.56. The number of aliphatic carboxylic acids is 1. The Morgan fingerprint density at radius 1 is 0.714 bits per heavy atom. The fraction of sp³-hybridized carbons (Fsp3) is 0.944. The molecule has 0 aromatic rings. The molecular formula is C18H33NO2. The summed E-state index contributed by atoms with van der Waals surface area (Å²) in [7, 11) is 0. The highest BCUT2D eigenvalue weighted by Gasteiger charge is 2.28. The maximum Gasteiger partial charge on any atom is 0.306 e. The van der Waals surface area contributed by atoms with Crippen LogP contribution < -0.4 is 0 Å². The third-order valence-corrected chi connectivity index (χ3v) is 5.47. The van der Waals surface area contributed by atoms with Crippen LogP contribution in [0.5, 0.6) is 0 Å². The normalized spacial score (nSPS) is 25.9. The fourth-order valence-electron chi connectivity index (χ4n) is 4.02. The van der Waals surface area contributed by atoms with Crippen molar-refractivity contribution in [2.45, 2.75) is 89.5 Å². The second-order valence-corrected chi connectivity index (χ2v) is 7.06. The second-order valence-electron chi connectivity index (χ2n) is 7.06. The quantitative estimate of drug-likeness (QED) is 0.818. The van der Waals surface area contributed by atoms with Gasteiger partial charge in [-0.25, -0.2) is 0 Å². The Labute approximate surface area is 130 Å². The van der Waals surface area contributed by atoms with E-state index in [1.54, 1.807) is 0 Å². The van der Waals surface area contributed by atoms with E-state index in [-0.39, 0.29) is 5.92 Å². The van der Waals surface area contributed by atoms with E-state index >= 15 is 0 Å². The average molecular weight is 295 g/mol. The van der Waals surface area contributed by atoms with E-state index in [0.29, 0.717) is 0 Å². The lowest BCUT2D eigenvalue weighted by molar-refractivity contribution is -0.143. The van der Waals surface area contributed by atoms with Crippen molar-refractivity contribution in [1.82, 2.24) is 4.90 Å².